The summed E-state index contributed by atoms with van der Waals surface area (Å²) in [5, 5.41) is 12.1. The lowest BCUT2D eigenvalue weighted by atomic mass is 10.1. The normalized spacial score (nSPS) is 11.3. The summed E-state index contributed by atoms with van der Waals surface area (Å²) in [4.78, 5) is 28.3. The van der Waals surface area contributed by atoms with Gasteiger partial charge in [-0.1, -0.05) is 11.8 Å². The number of thioether (sulfide) groups is 1. The van der Waals surface area contributed by atoms with Crippen LogP contribution in [0.2, 0.25) is 0 Å². The van der Waals surface area contributed by atoms with E-state index in [4.69, 9.17) is 4.74 Å². The van der Waals surface area contributed by atoms with Gasteiger partial charge in [0.25, 0.3) is 0 Å². The Morgan fingerprint density at radius 2 is 1.96 bits per heavy atom. The van der Waals surface area contributed by atoms with Gasteiger partial charge in [0.1, 0.15) is 16.8 Å². The van der Waals surface area contributed by atoms with Gasteiger partial charge >= 0.3 is 0 Å². The summed E-state index contributed by atoms with van der Waals surface area (Å²) >= 11 is 1.18. The standard InChI is InChI=1S/C19H19N3O3S/c1-11-17(12(2)23)9-14(10-20)19(21-11)26-13(3)18(24)22-15-5-7-16(25-4)8-6-15/h5-9,13H,1-4H3,(H,22,24). The molecule has 1 unspecified atom stereocenters. The van der Waals surface area contributed by atoms with Gasteiger partial charge in [0.15, 0.2) is 5.78 Å². The number of Topliss-reactive ketones (excluding diaryl/α,β-unsaturated/α-hetero) is 1. The molecule has 0 bridgehead atoms. The summed E-state index contributed by atoms with van der Waals surface area (Å²) < 4.78 is 5.08. The van der Waals surface area contributed by atoms with Crippen molar-refractivity contribution in [3.63, 3.8) is 0 Å². The number of aromatic nitrogens is 1. The monoisotopic (exact) mass is 369 g/mol. The topological polar surface area (TPSA) is 92.1 Å². The molecule has 1 aromatic carbocycles. The molecule has 134 valence electrons. The molecule has 2 aromatic rings. The summed E-state index contributed by atoms with van der Waals surface area (Å²) in [6.45, 7) is 4.88. The number of pyridine rings is 1. The number of ketones is 1. The highest BCUT2D eigenvalue weighted by Gasteiger charge is 2.19. The number of amides is 1. The van der Waals surface area contributed by atoms with E-state index in [1.807, 2.05) is 6.07 Å². The summed E-state index contributed by atoms with van der Waals surface area (Å²) in [5.74, 6) is 0.349. The number of nitriles is 1. The fourth-order valence-electron chi connectivity index (χ4n) is 2.25. The van der Waals surface area contributed by atoms with E-state index >= 15 is 0 Å². The lowest BCUT2D eigenvalue weighted by Gasteiger charge is -2.14. The first kappa shape index (κ1) is 19.5. The number of benzene rings is 1. The first-order chi connectivity index (χ1) is 12.3. The van der Waals surface area contributed by atoms with Crippen LogP contribution >= 0.6 is 11.8 Å². The average molecular weight is 369 g/mol. The molecule has 26 heavy (non-hydrogen) atoms. The molecule has 0 aliphatic heterocycles. The van der Waals surface area contributed by atoms with E-state index in [9.17, 15) is 14.9 Å². The number of hydrogen-bond acceptors (Lipinski definition) is 6. The maximum Gasteiger partial charge on any atom is 0.237 e. The third kappa shape index (κ3) is 4.61. The molecule has 2 rings (SSSR count). The number of hydrogen-bond donors (Lipinski definition) is 1. The highest BCUT2D eigenvalue weighted by Crippen LogP contribution is 2.27. The van der Waals surface area contributed by atoms with Crippen LogP contribution in [-0.4, -0.2) is 29.0 Å². The zero-order chi connectivity index (χ0) is 19.3. The molecule has 1 aromatic heterocycles. The Morgan fingerprint density at radius 3 is 2.50 bits per heavy atom. The number of rotatable bonds is 6. The van der Waals surface area contributed by atoms with Crippen molar-refractivity contribution in [1.82, 2.24) is 4.98 Å². The van der Waals surface area contributed by atoms with E-state index in [0.717, 1.165) is 0 Å². The Labute approximate surface area is 156 Å². The lowest BCUT2D eigenvalue weighted by molar-refractivity contribution is -0.115. The fraction of sp³-hybridized carbons (Fsp3) is 0.263. The van der Waals surface area contributed by atoms with Gasteiger partial charge in [-0.3, -0.25) is 9.59 Å². The first-order valence-electron chi connectivity index (χ1n) is 7.90. The van der Waals surface area contributed by atoms with Gasteiger partial charge in [-0.25, -0.2) is 4.98 Å². The second-order valence-corrected chi connectivity index (χ2v) is 6.95. The highest BCUT2D eigenvalue weighted by molar-refractivity contribution is 8.00. The zero-order valence-corrected chi connectivity index (χ0v) is 15.8. The Balaban J connectivity index is 2.14. The van der Waals surface area contributed by atoms with Crippen LogP contribution in [0, 0.1) is 18.3 Å². The smallest absolute Gasteiger partial charge is 0.237 e. The average Bonchev–Trinajstić information content (AvgIpc) is 2.62. The van der Waals surface area contributed by atoms with Crippen LogP contribution in [0.5, 0.6) is 5.75 Å². The van der Waals surface area contributed by atoms with Crippen molar-refractivity contribution < 1.29 is 14.3 Å². The van der Waals surface area contributed by atoms with E-state index in [1.165, 1.54) is 24.8 Å². The molecule has 0 radical (unpaired) electrons. The molecule has 1 atom stereocenters. The van der Waals surface area contributed by atoms with Gasteiger partial charge < -0.3 is 10.1 Å². The second kappa shape index (κ2) is 8.50. The molecular formula is C19H19N3O3S. The molecular weight excluding hydrogens is 350 g/mol. The number of carbonyl (C=O) groups excluding carboxylic acids is 2. The predicted molar refractivity (Wildman–Crippen MR) is 101 cm³/mol. The minimum Gasteiger partial charge on any atom is -0.497 e. The van der Waals surface area contributed by atoms with Gasteiger partial charge in [0.2, 0.25) is 5.91 Å². The molecule has 1 heterocycles. The van der Waals surface area contributed by atoms with Crippen LogP contribution in [0.25, 0.3) is 0 Å². The van der Waals surface area contributed by atoms with Crippen LogP contribution in [0.15, 0.2) is 35.4 Å². The Morgan fingerprint density at radius 1 is 1.31 bits per heavy atom. The molecule has 1 N–H and O–H groups in total. The summed E-state index contributed by atoms with van der Waals surface area (Å²) in [6.07, 6.45) is 0. The van der Waals surface area contributed by atoms with Gasteiger partial charge in [-0.15, -0.1) is 0 Å². The Hall–Kier alpha value is -2.85. The Bertz CT molecular complexity index is 873. The van der Waals surface area contributed by atoms with Crippen LogP contribution in [-0.2, 0) is 4.79 Å². The molecule has 0 spiro atoms. The van der Waals surface area contributed by atoms with Crippen LogP contribution in [0.1, 0.15) is 35.5 Å². The van der Waals surface area contributed by atoms with Crippen molar-refractivity contribution in [3.8, 4) is 11.8 Å². The van der Waals surface area contributed by atoms with Crippen LogP contribution in [0.3, 0.4) is 0 Å². The van der Waals surface area contributed by atoms with Gasteiger partial charge in [-0.05, 0) is 51.1 Å². The lowest BCUT2D eigenvalue weighted by Crippen LogP contribution is -2.22. The molecule has 7 heteroatoms. The van der Waals surface area contributed by atoms with Crippen LogP contribution in [0.4, 0.5) is 5.69 Å². The summed E-state index contributed by atoms with van der Waals surface area (Å²) in [6, 6.07) is 10.6. The van der Waals surface area contributed by atoms with Crippen molar-refractivity contribution in [2.24, 2.45) is 0 Å². The number of methoxy groups -OCH3 is 1. The van der Waals surface area contributed by atoms with Crippen molar-refractivity contribution in [1.29, 1.82) is 5.26 Å². The number of anilines is 1. The van der Waals surface area contributed by atoms with E-state index in [-0.39, 0.29) is 17.3 Å². The van der Waals surface area contributed by atoms with Crippen molar-refractivity contribution >= 4 is 29.1 Å². The van der Waals surface area contributed by atoms with Gasteiger partial charge in [0, 0.05) is 16.9 Å². The minimum absolute atomic E-state index is 0.145. The number of nitrogens with one attached hydrogen (secondary N) is 1. The molecule has 0 aliphatic rings. The van der Waals surface area contributed by atoms with Crippen molar-refractivity contribution in [3.05, 3.63) is 47.2 Å². The molecule has 0 fully saturated rings. The van der Waals surface area contributed by atoms with E-state index in [0.29, 0.717) is 27.7 Å². The second-order valence-electron chi connectivity index (χ2n) is 5.62. The quantitative estimate of drug-likeness (QED) is 0.618. The third-order valence-corrected chi connectivity index (χ3v) is 4.80. The van der Waals surface area contributed by atoms with Gasteiger partial charge in [-0.2, -0.15) is 5.26 Å². The van der Waals surface area contributed by atoms with E-state index in [1.54, 1.807) is 45.2 Å². The summed E-state index contributed by atoms with van der Waals surface area (Å²) in [5.41, 5.74) is 1.90. The largest absolute Gasteiger partial charge is 0.497 e. The molecule has 0 saturated carbocycles. The van der Waals surface area contributed by atoms with Crippen molar-refractivity contribution in [2.45, 2.75) is 31.0 Å². The minimum atomic E-state index is -0.473. The number of ether oxygens (including phenoxy) is 1. The maximum atomic E-state index is 12.4. The third-order valence-electron chi connectivity index (χ3n) is 3.69. The Kier molecular flexibility index (Phi) is 6.36. The van der Waals surface area contributed by atoms with Gasteiger partial charge in [0.05, 0.1) is 17.9 Å². The predicted octanol–water partition coefficient (Wildman–Crippen LogP) is 3.59. The number of nitrogens with zero attached hydrogens (tertiary/aromatic N) is 2. The van der Waals surface area contributed by atoms with E-state index < -0.39 is 5.25 Å². The molecule has 1 amide bonds. The maximum absolute atomic E-state index is 12.4. The highest BCUT2D eigenvalue weighted by atomic mass is 32.2. The van der Waals surface area contributed by atoms with E-state index in [2.05, 4.69) is 10.3 Å². The summed E-state index contributed by atoms with van der Waals surface area (Å²) in [7, 11) is 1.57. The van der Waals surface area contributed by atoms with Crippen LogP contribution < -0.4 is 10.1 Å². The SMILES string of the molecule is COc1ccc(NC(=O)C(C)Sc2nc(C)c(C(C)=O)cc2C#N)cc1. The molecule has 0 saturated heterocycles. The molecule has 6 nitrogen and oxygen atoms in total. The molecule has 0 aliphatic carbocycles. The zero-order valence-electron chi connectivity index (χ0n) is 15.0. The number of carbonyl (C=O) groups is 2. The fourth-order valence-corrected chi connectivity index (χ4v) is 3.17. The van der Waals surface area contributed by atoms with Crippen molar-refractivity contribution in [2.75, 3.05) is 12.4 Å². The number of aryl methyl sites for hydroxylation is 1. The first-order valence-corrected chi connectivity index (χ1v) is 8.78.